The van der Waals surface area contributed by atoms with Gasteiger partial charge in [-0.15, -0.1) is 0 Å². The fourth-order valence-electron chi connectivity index (χ4n) is 4.02. The lowest BCUT2D eigenvalue weighted by atomic mass is 9.85. The Balaban J connectivity index is 2.61. The van der Waals surface area contributed by atoms with E-state index < -0.39 is 0 Å². The molecule has 1 atom stereocenters. The Hall–Kier alpha value is -0.850. The molecule has 138 valence electrons. The number of carbonyl (C=O) groups excluding carboxylic acids is 1. The lowest BCUT2D eigenvalue weighted by molar-refractivity contribution is -0.116. The van der Waals surface area contributed by atoms with E-state index in [1.807, 2.05) is 0 Å². The summed E-state index contributed by atoms with van der Waals surface area (Å²) in [5.41, 5.74) is 3.40. The van der Waals surface area contributed by atoms with Crippen molar-refractivity contribution in [3.8, 4) is 0 Å². The van der Waals surface area contributed by atoms with E-state index in [9.17, 15) is 4.79 Å². The molecule has 24 heavy (non-hydrogen) atoms. The maximum absolute atomic E-state index is 12.8. The van der Waals surface area contributed by atoms with E-state index >= 15 is 0 Å². The van der Waals surface area contributed by atoms with Gasteiger partial charge in [0.15, 0.2) is 5.78 Å². The SMILES string of the molecule is CCCCCC(C)CC(=O)C(=C(C)C)/C(C)=C/CC1CCCCC1. The van der Waals surface area contributed by atoms with Gasteiger partial charge in [-0.2, -0.15) is 0 Å². The number of Topliss-reactive ketones (excluding diaryl/α,β-unsaturated/α-hetero) is 1. The molecule has 1 rings (SSSR count). The molecule has 1 aliphatic carbocycles. The number of allylic oxidation sites excluding steroid dienone is 4. The first kappa shape index (κ1) is 21.2. The van der Waals surface area contributed by atoms with Crippen LogP contribution in [0.3, 0.4) is 0 Å². The van der Waals surface area contributed by atoms with Gasteiger partial charge >= 0.3 is 0 Å². The van der Waals surface area contributed by atoms with Crippen LogP contribution in [-0.2, 0) is 4.79 Å². The largest absolute Gasteiger partial charge is 0.294 e. The number of hydrogen-bond donors (Lipinski definition) is 0. The van der Waals surface area contributed by atoms with E-state index in [-0.39, 0.29) is 0 Å². The minimum absolute atomic E-state index is 0.358. The topological polar surface area (TPSA) is 17.1 Å². The third-order valence-electron chi connectivity index (χ3n) is 5.49. The zero-order valence-electron chi connectivity index (χ0n) is 16.9. The monoisotopic (exact) mass is 332 g/mol. The fraction of sp³-hybridized carbons (Fsp3) is 0.783. The molecule has 1 unspecified atom stereocenters. The van der Waals surface area contributed by atoms with Crippen LogP contribution in [-0.4, -0.2) is 5.78 Å². The minimum atomic E-state index is 0.358. The Morgan fingerprint density at radius 2 is 1.75 bits per heavy atom. The van der Waals surface area contributed by atoms with Crippen LogP contribution in [0.5, 0.6) is 0 Å². The summed E-state index contributed by atoms with van der Waals surface area (Å²) in [4.78, 5) is 12.8. The van der Waals surface area contributed by atoms with E-state index in [0.717, 1.165) is 17.9 Å². The maximum Gasteiger partial charge on any atom is 0.163 e. The van der Waals surface area contributed by atoms with Gasteiger partial charge in [0.25, 0.3) is 0 Å². The van der Waals surface area contributed by atoms with Crippen LogP contribution < -0.4 is 0 Å². The lowest BCUT2D eigenvalue weighted by Gasteiger charge is -2.20. The predicted molar refractivity (Wildman–Crippen MR) is 106 cm³/mol. The summed E-state index contributed by atoms with van der Waals surface area (Å²) in [5.74, 6) is 1.70. The Bertz CT molecular complexity index is 431. The summed E-state index contributed by atoms with van der Waals surface area (Å²) in [5, 5.41) is 0. The molecule has 0 bridgehead atoms. The van der Waals surface area contributed by atoms with Crippen LogP contribution in [0.25, 0.3) is 0 Å². The molecule has 1 aliphatic rings. The molecule has 1 heteroatoms. The molecule has 1 saturated carbocycles. The quantitative estimate of drug-likeness (QED) is 0.231. The zero-order chi connectivity index (χ0) is 17.9. The number of rotatable bonds is 10. The van der Waals surface area contributed by atoms with E-state index in [2.05, 4.69) is 40.7 Å². The average molecular weight is 333 g/mol. The maximum atomic E-state index is 12.8. The van der Waals surface area contributed by atoms with Crippen molar-refractivity contribution >= 4 is 5.78 Å². The molecule has 0 saturated heterocycles. The summed E-state index contributed by atoms with van der Waals surface area (Å²) in [6.07, 6.45) is 16.1. The molecule has 0 aliphatic heterocycles. The van der Waals surface area contributed by atoms with E-state index in [1.54, 1.807) is 0 Å². The van der Waals surface area contributed by atoms with Crippen LogP contribution >= 0.6 is 0 Å². The van der Waals surface area contributed by atoms with Crippen LogP contribution in [0.2, 0.25) is 0 Å². The van der Waals surface area contributed by atoms with Crippen LogP contribution in [0.15, 0.2) is 22.8 Å². The van der Waals surface area contributed by atoms with Crippen molar-refractivity contribution in [1.29, 1.82) is 0 Å². The fourth-order valence-corrected chi connectivity index (χ4v) is 4.02. The molecule has 0 radical (unpaired) electrons. The summed E-state index contributed by atoms with van der Waals surface area (Å²) in [7, 11) is 0. The number of ketones is 1. The second-order valence-electron chi connectivity index (χ2n) is 8.23. The van der Waals surface area contributed by atoms with Gasteiger partial charge in [-0.1, -0.05) is 83.3 Å². The van der Waals surface area contributed by atoms with Gasteiger partial charge in [-0.25, -0.2) is 0 Å². The third-order valence-corrected chi connectivity index (χ3v) is 5.49. The molecule has 0 N–H and O–H groups in total. The van der Waals surface area contributed by atoms with Crippen molar-refractivity contribution in [2.45, 2.75) is 105 Å². The van der Waals surface area contributed by atoms with E-state index in [1.165, 1.54) is 68.9 Å². The first-order chi connectivity index (χ1) is 11.5. The molecule has 0 amide bonds. The van der Waals surface area contributed by atoms with Gasteiger partial charge in [-0.05, 0) is 44.6 Å². The molecule has 0 aromatic heterocycles. The van der Waals surface area contributed by atoms with Gasteiger partial charge in [0, 0.05) is 12.0 Å². The summed E-state index contributed by atoms with van der Waals surface area (Å²) in [6, 6.07) is 0. The second kappa shape index (κ2) is 11.7. The van der Waals surface area contributed by atoms with Crippen molar-refractivity contribution < 1.29 is 4.79 Å². The summed E-state index contributed by atoms with van der Waals surface area (Å²) >= 11 is 0. The van der Waals surface area contributed by atoms with E-state index in [0.29, 0.717) is 18.1 Å². The van der Waals surface area contributed by atoms with E-state index in [4.69, 9.17) is 0 Å². The molecule has 0 aromatic carbocycles. The minimum Gasteiger partial charge on any atom is -0.294 e. The normalized spacial score (nSPS) is 17.6. The smallest absolute Gasteiger partial charge is 0.163 e. The molecule has 1 nitrogen and oxygen atoms in total. The van der Waals surface area contributed by atoms with Crippen molar-refractivity contribution in [3.05, 3.63) is 22.8 Å². The predicted octanol–water partition coefficient (Wildman–Crippen LogP) is 7.42. The van der Waals surface area contributed by atoms with Crippen molar-refractivity contribution in [2.75, 3.05) is 0 Å². The lowest BCUT2D eigenvalue weighted by Crippen LogP contribution is -2.11. The Morgan fingerprint density at radius 1 is 1.08 bits per heavy atom. The van der Waals surface area contributed by atoms with Gasteiger partial charge in [0.05, 0.1) is 0 Å². The van der Waals surface area contributed by atoms with Crippen LogP contribution in [0.4, 0.5) is 0 Å². The van der Waals surface area contributed by atoms with Crippen LogP contribution in [0, 0.1) is 11.8 Å². The molecular formula is C23H40O. The first-order valence-electron chi connectivity index (χ1n) is 10.3. The highest BCUT2D eigenvalue weighted by atomic mass is 16.1. The highest BCUT2D eigenvalue weighted by Crippen LogP contribution is 2.28. The molecular weight excluding hydrogens is 292 g/mol. The average Bonchev–Trinajstić information content (AvgIpc) is 2.54. The highest BCUT2D eigenvalue weighted by molar-refractivity contribution is 6.00. The highest BCUT2D eigenvalue weighted by Gasteiger charge is 2.17. The molecule has 0 spiro atoms. The van der Waals surface area contributed by atoms with Gasteiger partial charge in [0.1, 0.15) is 0 Å². The Kier molecular flexibility index (Phi) is 10.3. The Labute approximate surface area is 151 Å². The van der Waals surface area contributed by atoms with Gasteiger partial charge in [-0.3, -0.25) is 4.79 Å². The zero-order valence-corrected chi connectivity index (χ0v) is 16.9. The standard InChI is InChI=1S/C23H40O/c1-6-7-9-12-19(4)17-22(24)23(18(2)3)20(5)15-16-21-13-10-8-11-14-21/h15,19,21H,6-14,16-17H2,1-5H3/b20-15+. The first-order valence-corrected chi connectivity index (χ1v) is 10.3. The van der Waals surface area contributed by atoms with Crippen LogP contribution in [0.1, 0.15) is 105 Å². The van der Waals surface area contributed by atoms with Crippen molar-refractivity contribution in [1.82, 2.24) is 0 Å². The van der Waals surface area contributed by atoms with Gasteiger partial charge < -0.3 is 0 Å². The third kappa shape index (κ3) is 7.81. The number of hydrogen-bond acceptors (Lipinski definition) is 1. The van der Waals surface area contributed by atoms with Crippen molar-refractivity contribution in [3.63, 3.8) is 0 Å². The molecule has 1 fully saturated rings. The molecule has 0 heterocycles. The summed E-state index contributed by atoms with van der Waals surface area (Å²) in [6.45, 7) is 10.8. The molecule has 0 aromatic rings. The Morgan fingerprint density at radius 3 is 2.33 bits per heavy atom. The second-order valence-corrected chi connectivity index (χ2v) is 8.23. The van der Waals surface area contributed by atoms with Crippen molar-refractivity contribution in [2.24, 2.45) is 11.8 Å². The number of carbonyl (C=O) groups is 1. The number of unbranched alkanes of at least 4 members (excludes halogenated alkanes) is 2. The summed E-state index contributed by atoms with van der Waals surface area (Å²) < 4.78 is 0. The van der Waals surface area contributed by atoms with Gasteiger partial charge in [0.2, 0.25) is 0 Å².